The number of pyridine rings is 1. The summed E-state index contributed by atoms with van der Waals surface area (Å²) in [4.78, 5) is 4.44. The molecule has 174 valence electrons. The first-order valence-corrected chi connectivity index (χ1v) is 11.0. The molecule has 1 heterocycles. The molecule has 3 saturated carbocycles. The number of hydrogen-bond acceptors (Lipinski definition) is 5. The van der Waals surface area contributed by atoms with Gasteiger partial charge in [0.25, 0.3) is 0 Å². The van der Waals surface area contributed by atoms with Crippen molar-refractivity contribution in [2.24, 2.45) is 23.7 Å². The molecule has 1 aromatic heterocycles. The molecule has 2 bridgehead atoms. The maximum atomic E-state index is 11.2. The summed E-state index contributed by atoms with van der Waals surface area (Å²) in [7, 11) is -3.00. The van der Waals surface area contributed by atoms with Crippen molar-refractivity contribution in [3.63, 3.8) is 0 Å². The van der Waals surface area contributed by atoms with E-state index in [2.05, 4.69) is 17.6 Å². The molecule has 0 spiro atoms. The quantitative estimate of drug-likeness (QED) is 0.465. The van der Waals surface area contributed by atoms with Crippen LogP contribution in [0.2, 0.25) is 0 Å². The van der Waals surface area contributed by atoms with E-state index in [1.54, 1.807) is 13.3 Å². The van der Waals surface area contributed by atoms with Crippen LogP contribution in [0.4, 0.5) is 0 Å². The van der Waals surface area contributed by atoms with Crippen molar-refractivity contribution in [3.05, 3.63) is 48.7 Å². The third kappa shape index (κ3) is 6.45. The topological polar surface area (TPSA) is 180 Å². The predicted octanol–water partition coefficient (Wildman–Crippen LogP) is 2.21. The van der Waals surface area contributed by atoms with Crippen LogP contribution >= 0.6 is 0 Å². The van der Waals surface area contributed by atoms with E-state index in [9.17, 15) is 5.11 Å². The summed E-state index contributed by atoms with van der Waals surface area (Å²) in [5.74, 6) is 3.08. The average molecular weight is 458 g/mol. The van der Waals surface area contributed by atoms with Crippen LogP contribution in [0.25, 0.3) is 10.9 Å². The van der Waals surface area contributed by atoms with Crippen LogP contribution in [0, 0.1) is 23.7 Å². The molecule has 0 aliphatic heterocycles. The Morgan fingerprint density at radius 2 is 1.81 bits per heavy atom. The standard InChI is InChI=1S/C21H25NO2.H2O4S.2H2O/c1-3-13-10-15-5-4-14(13)11-18(15)21(23)17-8-9-22-20-7-6-16(24-2)12-19(17)20;1-5(2,3)4;;/h3,6-9,12-15,18,21,23H,1,4-5,10-11H2,2H3;(H2,1,2,3,4);2*1H2/t13-,14-,15-,18-,21-;;;/m0.../s1. The highest BCUT2D eigenvalue weighted by Gasteiger charge is 2.43. The normalized spacial score (nSPS) is 25.3. The van der Waals surface area contributed by atoms with E-state index in [4.69, 9.17) is 22.3 Å². The number of aromatic nitrogens is 1. The van der Waals surface area contributed by atoms with E-state index in [0.29, 0.717) is 23.7 Å². The maximum absolute atomic E-state index is 11.2. The Balaban J connectivity index is 0.000000622. The van der Waals surface area contributed by atoms with Gasteiger partial charge >= 0.3 is 10.4 Å². The minimum absolute atomic E-state index is 0. The maximum Gasteiger partial charge on any atom is 0.394 e. The van der Waals surface area contributed by atoms with Crippen molar-refractivity contribution < 1.29 is 38.3 Å². The molecule has 7 N–H and O–H groups in total. The summed E-state index contributed by atoms with van der Waals surface area (Å²) in [6.07, 6.45) is 8.32. The molecule has 31 heavy (non-hydrogen) atoms. The fraction of sp³-hybridized carbons (Fsp3) is 0.476. The highest BCUT2D eigenvalue weighted by molar-refractivity contribution is 7.79. The Hall–Kier alpha value is -2.08. The number of hydrogen-bond donors (Lipinski definition) is 3. The lowest BCUT2D eigenvalue weighted by Crippen LogP contribution is -2.39. The van der Waals surface area contributed by atoms with Crippen LogP contribution in [0.5, 0.6) is 5.75 Å². The van der Waals surface area contributed by atoms with Crippen molar-refractivity contribution in [2.45, 2.75) is 31.8 Å². The monoisotopic (exact) mass is 457 g/mol. The zero-order chi connectivity index (χ0) is 21.2. The van der Waals surface area contributed by atoms with E-state index in [0.717, 1.165) is 28.6 Å². The van der Waals surface area contributed by atoms with Crippen LogP contribution in [-0.4, -0.2) is 45.7 Å². The molecule has 3 aliphatic carbocycles. The second-order valence-corrected chi connectivity index (χ2v) is 8.70. The largest absolute Gasteiger partial charge is 0.497 e. The van der Waals surface area contributed by atoms with E-state index in [1.807, 2.05) is 24.3 Å². The number of fused-ring (bicyclic) bond motifs is 4. The Morgan fingerprint density at radius 3 is 2.35 bits per heavy atom. The van der Waals surface area contributed by atoms with Crippen molar-refractivity contribution >= 4 is 21.3 Å². The number of aliphatic hydroxyl groups is 1. The second kappa shape index (κ2) is 11.0. The van der Waals surface area contributed by atoms with Crippen LogP contribution in [-0.2, 0) is 10.4 Å². The molecule has 1 aromatic carbocycles. The van der Waals surface area contributed by atoms with Gasteiger partial charge in [-0.15, -0.1) is 6.58 Å². The van der Waals surface area contributed by atoms with Crippen molar-refractivity contribution in [1.29, 1.82) is 0 Å². The summed E-state index contributed by atoms with van der Waals surface area (Å²) in [6, 6.07) is 7.85. The first-order chi connectivity index (χ1) is 13.7. The lowest BCUT2D eigenvalue weighted by atomic mass is 9.58. The number of ether oxygens (including phenoxy) is 1. The molecule has 0 unspecified atom stereocenters. The van der Waals surface area contributed by atoms with E-state index in [1.165, 1.54) is 19.3 Å². The number of rotatable bonds is 4. The van der Waals surface area contributed by atoms with Gasteiger partial charge in [-0.25, -0.2) is 0 Å². The van der Waals surface area contributed by atoms with Gasteiger partial charge < -0.3 is 20.8 Å². The van der Waals surface area contributed by atoms with Crippen LogP contribution < -0.4 is 4.74 Å². The van der Waals surface area contributed by atoms with Gasteiger partial charge in [0.1, 0.15) is 5.75 Å². The number of aliphatic hydroxyl groups excluding tert-OH is 1. The van der Waals surface area contributed by atoms with Gasteiger partial charge in [-0.1, -0.05) is 6.08 Å². The number of methoxy groups -OCH3 is 1. The first kappa shape index (κ1) is 27.0. The molecule has 5 rings (SSSR count). The third-order valence-electron chi connectivity index (χ3n) is 6.28. The van der Waals surface area contributed by atoms with Gasteiger partial charge in [0.15, 0.2) is 0 Å². The Bertz CT molecular complexity index is 973. The molecule has 5 atom stereocenters. The summed E-state index contributed by atoms with van der Waals surface area (Å²) in [6.45, 7) is 4.01. The average Bonchev–Trinajstić information content (AvgIpc) is 2.71. The smallest absolute Gasteiger partial charge is 0.394 e. The minimum atomic E-state index is -4.67. The first-order valence-electron chi connectivity index (χ1n) is 9.64. The Morgan fingerprint density at radius 1 is 1.16 bits per heavy atom. The third-order valence-corrected chi connectivity index (χ3v) is 6.28. The molecule has 3 aliphatic rings. The highest BCUT2D eigenvalue weighted by atomic mass is 32.3. The SMILES string of the molecule is C=C[C@H]1C[C@@H]2CC[C@H]1C[C@@H]2[C@@H](O)c1ccnc2ccc(OC)cc12.O.O.O=S(=O)(O)O. The molecule has 0 amide bonds. The van der Waals surface area contributed by atoms with Gasteiger partial charge in [0, 0.05) is 11.6 Å². The lowest BCUT2D eigenvalue weighted by Gasteiger charge is -2.48. The fourth-order valence-electron chi connectivity index (χ4n) is 4.96. The number of nitrogens with zero attached hydrogens (tertiary/aromatic N) is 1. The molecule has 9 nitrogen and oxygen atoms in total. The molecule has 2 aromatic rings. The van der Waals surface area contributed by atoms with Gasteiger partial charge in [-0.2, -0.15) is 8.42 Å². The molecular weight excluding hydrogens is 426 g/mol. The van der Waals surface area contributed by atoms with Crippen LogP contribution in [0.1, 0.15) is 37.4 Å². The minimum Gasteiger partial charge on any atom is -0.497 e. The molecule has 3 fully saturated rings. The second-order valence-electron chi connectivity index (χ2n) is 7.81. The summed E-state index contributed by atoms with van der Waals surface area (Å²) in [5.41, 5.74) is 1.91. The summed E-state index contributed by atoms with van der Waals surface area (Å²) in [5, 5.41) is 12.2. The van der Waals surface area contributed by atoms with E-state index >= 15 is 0 Å². The van der Waals surface area contributed by atoms with Gasteiger partial charge in [0.05, 0.1) is 18.7 Å². The number of benzene rings is 1. The zero-order valence-electron chi connectivity index (χ0n) is 17.3. The molecule has 0 radical (unpaired) electrons. The Kier molecular flexibility index (Phi) is 9.55. The zero-order valence-corrected chi connectivity index (χ0v) is 18.1. The van der Waals surface area contributed by atoms with Crippen LogP contribution in [0.15, 0.2) is 43.1 Å². The number of allylic oxidation sites excluding steroid dienone is 1. The van der Waals surface area contributed by atoms with Crippen molar-refractivity contribution in [3.8, 4) is 5.75 Å². The van der Waals surface area contributed by atoms with Gasteiger partial charge in [0.2, 0.25) is 0 Å². The van der Waals surface area contributed by atoms with Crippen molar-refractivity contribution in [2.75, 3.05) is 7.11 Å². The lowest BCUT2D eigenvalue weighted by molar-refractivity contribution is -0.0217. The Labute approximate surface area is 182 Å². The van der Waals surface area contributed by atoms with Crippen LogP contribution in [0.3, 0.4) is 0 Å². The van der Waals surface area contributed by atoms with Crippen molar-refractivity contribution in [1.82, 2.24) is 4.98 Å². The van der Waals surface area contributed by atoms with E-state index in [-0.39, 0.29) is 11.0 Å². The molecular formula is C21H31NO8S. The predicted molar refractivity (Wildman–Crippen MR) is 117 cm³/mol. The molecule has 0 saturated heterocycles. The fourth-order valence-corrected chi connectivity index (χ4v) is 4.96. The highest BCUT2D eigenvalue weighted by Crippen LogP contribution is 2.52. The van der Waals surface area contributed by atoms with E-state index < -0.39 is 16.5 Å². The summed E-state index contributed by atoms with van der Waals surface area (Å²) < 4.78 is 36.9. The summed E-state index contributed by atoms with van der Waals surface area (Å²) >= 11 is 0. The van der Waals surface area contributed by atoms with Gasteiger partial charge in [-0.05, 0) is 79.2 Å². The molecule has 10 heteroatoms. The van der Waals surface area contributed by atoms with Gasteiger partial charge in [-0.3, -0.25) is 14.1 Å².